The average molecular weight is 155 g/mol. The molecule has 0 bridgehead atoms. The van der Waals surface area contributed by atoms with E-state index >= 15 is 0 Å². The molecule has 0 saturated carbocycles. The van der Waals surface area contributed by atoms with Crippen molar-refractivity contribution >= 4 is 0 Å². The van der Waals surface area contributed by atoms with Crippen molar-refractivity contribution in [2.45, 2.75) is 53.4 Å². The summed E-state index contributed by atoms with van der Waals surface area (Å²) in [6.07, 6.45) is 4.99. The van der Waals surface area contributed by atoms with E-state index < -0.39 is 0 Å². The molecule has 0 aromatic heterocycles. The van der Waals surface area contributed by atoms with Crippen LogP contribution in [0.5, 0.6) is 0 Å². The first kappa shape index (κ1) is 11.0. The van der Waals surface area contributed by atoms with E-state index in [0.717, 1.165) is 12.3 Å². The van der Waals surface area contributed by atoms with Crippen molar-refractivity contribution in [1.29, 1.82) is 0 Å². The third-order valence-electron chi connectivity index (χ3n) is 2.87. The van der Waals surface area contributed by atoms with Crippen molar-refractivity contribution in [3.63, 3.8) is 0 Å². The van der Waals surface area contributed by atoms with Crippen LogP contribution in [0.1, 0.15) is 53.4 Å². The molecule has 0 N–H and O–H groups in total. The largest absolute Gasteiger partial charge is 0.0654 e. The van der Waals surface area contributed by atoms with Crippen molar-refractivity contribution < 1.29 is 0 Å². The van der Waals surface area contributed by atoms with Gasteiger partial charge in [0.15, 0.2) is 0 Å². The molecule has 0 amide bonds. The summed E-state index contributed by atoms with van der Waals surface area (Å²) in [7, 11) is 0. The van der Waals surface area contributed by atoms with Crippen LogP contribution in [0.15, 0.2) is 0 Å². The van der Waals surface area contributed by atoms with Crippen LogP contribution in [0.2, 0.25) is 0 Å². The van der Waals surface area contributed by atoms with Crippen molar-refractivity contribution in [3.8, 4) is 0 Å². The fourth-order valence-electron chi connectivity index (χ4n) is 1.59. The van der Waals surface area contributed by atoms with Gasteiger partial charge in [-0.15, -0.1) is 0 Å². The molecule has 0 aromatic rings. The molecule has 0 heteroatoms. The van der Waals surface area contributed by atoms with Crippen LogP contribution < -0.4 is 0 Å². The van der Waals surface area contributed by atoms with Crippen LogP contribution in [-0.2, 0) is 0 Å². The topological polar surface area (TPSA) is 0 Å². The summed E-state index contributed by atoms with van der Waals surface area (Å²) in [4.78, 5) is 0. The summed E-state index contributed by atoms with van der Waals surface area (Å²) in [5, 5.41) is 0. The van der Waals surface area contributed by atoms with E-state index in [2.05, 4.69) is 34.6 Å². The normalized spacial score (nSPS) is 15.0. The summed E-state index contributed by atoms with van der Waals surface area (Å²) in [5.41, 5.74) is 0.520. The molecule has 0 rings (SSSR count). The Labute approximate surface area is 72.4 Å². The molecule has 0 aliphatic carbocycles. The molecule has 1 atom stereocenters. The summed E-state index contributed by atoms with van der Waals surface area (Å²) >= 11 is 0. The lowest BCUT2D eigenvalue weighted by atomic mass is 9.75. The highest BCUT2D eigenvalue weighted by Gasteiger charge is 2.23. The Morgan fingerprint density at radius 3 is 2.27 bits per heavy atom. The summed E-state index contributed by atoms with van der Waals surface area (Å²) in [6.45, 7) is 13.3. The molecule has 67 valence electrons. The second-order valence-electron chi connectivity index (χ2n) is 4.28. The molecular formula is C11H23. The summed E-state index contributed by atoms with van der Waals surface area (Å²) < 4.78 is 0. The molecule has 0 fully saturated rings. The average Bonchev–Trinajstić information content (AvgIpc) is 1.88. The Morgan fingerprint density at radius 1 is 1.36 bits per heavy atom. The number of rotatable bonds is 5. The van der Waals surface area contributed by atoms with Gasteiger partial charge in [0.05, 0.1) is 0 Å². The second kappa shape index (κ2) is 4.79. The second-order valence-corrected chi connectivity index (χ2v) is 4.28. The highest BCUT2D eigenvalue weighted by atomic mass is 14.3. The Balaban J connectivity index is 3.83. The highest BCUT2D eigenvalue weighted by Crippen LogP contribution is 2.34. The lowest BCUT2D eigenvalue weighted by molar-refractivity contribution is 0.199. The minimum absolute atomic E-state index is 0.520. The zero-order valence-electron chi connectivity index (χ0n) is 8.61. The smallest absolute Gasteiger partial charge is 0.0329 e. The van der Waals surface area contributed by atoms with E-state index in [1.165, 1.54) is 19.3 Å². The van der Waals surface area contributed by atoms with E-state index in [9.17, 15) is 0 Å². The molecule has 1 unspecified atom stereocenters. The first-order chi connectivity index (χ1) is 5.04. The lowest BCUT2D eigenvalue weighted by Gasteiger charge is -2.31. The van der Waals surface area contributed by atoms with Gasteiger partial charge < -0.3 is 0 Å². The first-order valence-electron chi connectivity index (χ1n) is 4.83. The maximum atomic E-state index is 3.90. The van der Waals surface area contributed by atoms with Gasteiger partial charge in [-0.05, 0) is 17.8 Å². The third kappa shape index (κ3) is 3.79. The quantitative estimate of drug-likeness (QED) is 0.561. The van der Waals surface area contributed by atoms with E-state index in [-0.39, 0.29) is 0 Å². The predicted molar refractivity (Wildman–Crippen MR) is 52.4 cm³/mol. The number of hydrogen-bond donors (Lipinski definition) is 0. The van der Waals surface area contributed by atoms with Gasteiger partial charge in [-0.1, -0.05) is 53.9 Å². The van der Waals surface area contributed by atoms with Crippen molar-refractivity contribution in [2.24, 2.45) is 11.3 Å². The van der Waals surface area contributed by atoms with Gasteiger partial charge in [0, 0.05) is 0 Å². The van der Waals surface area contributed by atoms with Crippen molar-refractivity contribution in [3.05, 3.63) is 6.92 Å². The van der Waals surface area contributed by atoms with Crippen LogP contribution in [0.4, 0.5) is 0 Å². The Kier molecular flexibility index (Phi) is 4.79. The van der Waals surface area contributed by atoms with E-state index in [0.29, 0.717) is 5.41 Å². The lowest BCUT2D eigenvalue weighted by Crippen LogP contribution is -2.21. The molecule has 0 aliphatic heterocycles. The van der Waals surface area contributed by atoms with E-state index in [1.54, 1.807) is 0 Å². The maximum Gasteiger partial charge on any atom is -0.0329 e. The van der Waals surface area contributed by atoms with Gasteiger partial charge in [0.1, 0.15) is 0 Å². The fraction of sp³-hybridized carbons (Fsp3) is 0.909. The molecule has 0 saturated heterocycles. The predicted octanol–water partition coefficient (Wildman–Crippen LogP) is 4.06. The third-order valence-corrected chi connectivity index (χ3v) is 2.87. The van der Waals surface area contributed by atoms with Gasteiger partial charge in [-0.3, -0.25) is 0 Å². The van der Waals surface area contributed by atoms with E-state index in [4.69, 9.17) is 0 Å². The molecular weight excluding hydrogens is 132 g/mol. The summed E-state index contributed by atoms with van der Waals surface area (Å²) in [6, 6.07) is 0. The number of hydrogen-bond acceptors (Lipinski definition) is 0. The van der Waals surface area contributed by atoms with Crippen LogP contribution >= 0.6 is 0 Å². The molecule has 0 heterocycles. The monoisotopic (exact) mass is 155 g/mol. The van der Waals surface area contributed by atoms with Gasteiger partial charge in [0.2, 0.25) is 0 Å². The van der Waals surface area contributed by atoms with Crippen molar-refractivity contribution in [2.75, 3.05) is 0 Å². The standard InChI is InChI=1S/C11H23/c1-6-8-10(3)11(4,5)9-7-2/h10H,1,6-9H2,2-5H3. The molecule has 1 radical (unpaired) electrons. The minimum atomic E-state index is 0.520. The molecule has 11 heavy (non-hydrogen) atoms. The highest BCUT2D eigenvalue weighted by molar-refractivity contribution is 4.74. The minimum Gasteiger partial charge on any atom is -0.0654 e. The van der Waals surface area contributed by atoms with E-state index in [1.807, 2.05) is 0 Å². The van der Waals surface area contributed by atoms with Crippen LogP contribution in [0.25, 0.3) is 0 Å². The zero-order chi connectivity index (χ0) is 8.91. The maximum absolute atomic E-state index is 3.90. The summed E-state index contributed by atoms with van der Waals surface area (Å²) in [5.74, 6) is 0.819. The Bertz CT molecular complexity index is 92.2. The first-order valence-corrected chi connectivity index (χ1v) is 4.83. The van der Waals surface area contributed by atoms with Crippen molar-refractivity contribution in [1.82, 2.24) is 0 Å². The van der Waals surface area contributed by atoms with Gasteiger partial charge in [0.25, 0.3) is 0 Å². The van der Waals surface area contributed by atoms with Crippen LogP contribution in [-0.4, -0.2) is 0 Å². The fourth-order valence-corrected chi connectivity index (χ4v) is 1.59. The SMILES string of the molecule is [CH2]CCC(C)C(C)(C)CCC. The zero-order valence-corrected chi connectivity index (χ0v) is 8.61. The molecule has 0 spiro atoms. The molecule has 0 nitrogen and oxygen atoms in total. The van der Waals surface area contributed by atoms with Gasteiger partial charge in [-0.2, -0.15) is 0 Å². The van der Waals surface area contributed by atoms with Gasteiger partial charge in [-0.25, -0.2) is 0 Å². The Hall–Kier alpha value is 0. The van der Waals surface area contributed by atoms with Crippen LogP contribution in [0.3, 0.4) is 0 Å². The Morgan fingerprint density at radius 2 is 1.91 bits per heavy atom. The molecule has 0 aromatic carbocycles. The van der Waals surface area contributed by atoms with Gasteiger partial charge >= 0.3 is 0 Å². The van der Waals surface area contributed by atoms with Crippen LogP contribution in [0, 0.1) is 18.3 Å². The molecule has 0 aliphatic rings.